The molecule has 8 nitrogen and oxygen atoms in total. The molecule has 1 aliphatic rings. The Labute approximate surface area is 105 Å². The molecule has 1 fully saturated rings. The van der Waals surface area contributed by atoms with Crippen molar-refractivity contribution in [3.05, 3.63) is 0 Å². The molecule has 1 rings (SSSR count). The van der Waals surface area contributed by atoms with E-state index in [1.165, 1.54) is 0 Å². The number of aliphatic hydroxyl groups is 1. The Balaban J connectivity index is 3.13. The van der Waals surface area contributed by atoms with Crippen molar-refractivity contribution in [1.82, 2.24) is 0 Å². The lowest BCUT2D eigenvalue weighted by atomic mass is 9.81. The highest BCUT2D eigenvalue weighted by Crippen LogP contribution is 2.72. The van der Waals surface area contributed by atoms with Gasteiger partial charge < -0.3 is 30.4 Å². The Morgan fingerprint density at radius 2 is 1.61 bits per heavy atom. The maximum atomic E-state index is 11.3. The van der Waals surface area contributed by atoms with E-state index in [9.17, 15) is 14.2 Å². The van der Waals surface area contributed by atoms with Gasteiger partial charge in [0.2, 0.25) is 0 Å². The Bertz CT molecular complexity index is 367. The number of hydrogen-bond acceptors (Lipinski definition) is 4. The minimum atomic E-state index is -5.36. The summed E-state index contributed by atoms with van der Waals surface area (Å²) in [7, 11) is -10.7. The molecule has 0 aromatic rings. The molecule has 0 spiro atoms. The van der Waals surface area contributed by atoms with Crippen LogP contribution in [-0.2, 0) is 9.13 Å². The molecule has 18 heavy (non-hydrogen) atoms. The molecule has 108 valence electrons. The van der Waals surface area contributed by atoms with Crippen LogP contribution < -0.4 is 5.73 Å². The van der Waals surface area contributed by atoms with Crippen LogP contribution in [-0.4, -0.2) is 36.3 Å². The van der Waals surface area contributed by atoms with Gasteiger partial charge in [0.1, 0.15) is 0 Å². The third-order valence-corrected chi connectivity index (χ3v) is 7.53. The molecule has 0 aliphatic heterocycles. The molecule has 0 amide bonds. The second-order valence-corrected chi connectivity index (χ2v) is 8.63. The van der Waals surface area contributed by atoms with Crippen molar-refractivity contribution in [3.63, 3.8) is 0 Å². The zero-order valence-corrected chi connectivity index (χ0v) is 11.5. The van der Waals surface area contributed by atoms with E-state index in [1.54, 1.807) is 0 Å². The molecule has 10 heteroatoms. The topological polar surface area (TPSA) is 161 Å². The van der Waals surface area contributed by atoms with Crippen LogP contribution in [0.15, 0.2) is 0 Å². The SMILES string of the molecule is NCC1CCCC(C(O)(P(=O)(O)O)P(=O)(O)O)C1. The molecule has 0 heterocycles. The molecule has 2 atom stereocenters. The number of nitrogens with two attached hydrogens (primary N) is 1. The molecular weight excluding hydrogens is 284 g/mol. The van der Waals surface area contributed by atoms with E-state index >= 15 is 0 Å². The highest BCUT2D eigenvalue weighted by molar-refractivity contribution is 7.72. The van der Waals surface area contributed by atoms with Gasteiger partial charge in [-0.25, -0.2) is 0 Å². The van der Waals surface area contributed by atoms with Gasteiger partial charge in [-0.3, -0.25) is 9.13 Å². The molecule has 1 saturated carbocycles. The van der Waals surface area contributed by atoms with E-state index in [0.717, 1.165) is 6.42 Å². The van der Waals surface area contributed by atoms with Crippen LogP contribution in [0.2, 0.25) is 0 Å². The van der Waals surface area contributed by atoms with Crippen molar-refractivity contribution in [2.45, 2.75) is 30.8 Å². The Hall–Kier alpha value is 0.220. The van der Waals surface area contributed by atoms with Gasteiger partial charge in [0.25, 0.3) is 5.08 Å². The molecule has 2 unspecified atom stereocenters. The van der Waals surface area contributed by atoms with E-state index in [2.05, 4.69) is 0 Å². The van der Waals surface area contributed by atoms with Gasteiger partial charge in [-0.2, -0.15) is 0 Å². The largest absolute Gasteiger partial charge is 0.369 e. The van der Waals surface area contributed by atoms with Gasteiger partial charge in [0.15, 0.2) is 0 Å². The summed E-state index contributed by atoms with van der Waals surface area (Å²) >= 11 is 0. The van der Waals surface area contributed by atoms with Gasteiger partial charge in [-0.15, -0.1) is 0 Å². The first kappa shape index (κ1) is 16.3. The molecule has 0 radical (unpaired) electrons. The van der Waals surface area contributed by atoms with E-state index in [1.807, 2.05) is 0 Å². The standard InChI is InChI=1S/C8H19NO7P2/c9-5-6-2-1-3-7(4-6)8(10,17(11,12)13)18(14,15)16/h6-7,10H,1-5,9H2,(H2,11,12,13)(H2,14,15,16). The van der Waals surface area contributed by atoms with Gasteiger partial charge in [-0.05, 0) is 31.7 Å². The molecule has 0 bridgehead atoms. The smallest absolute Gasteiger partial charge is 0.367 e. The summed E-state index contributed by atoms with van der Waals surface area (Å²) in [5.74, 6) is -1.24. The van der Waals surface area contributed by atoms with Crippen LogP contribution >= 0.6 is 15.2 Å². The lowest BCUT2D eigenvalue weighted by Crippen LogP contribution is -2.41. The molecule has 0 aromatic heterocycles. The quantitative estimate of drug-likeness (QED) is 0.387. The minimum Gasteiger partial charge on any atom is -0.367 e. The zero-order valence-electron chi connectivity index (χ0n) is 9.71. The van der Waals surface area contributed by atoms with Crippen LogP contribution in [0.1, 0.15) is 25.7 Å². The summed E-state index contributed by atoms with van der Waals surface area (Å²) in [5.41, 5.74) is 5.46. The molecule has 0 saturated heterocycles. The van der Waals surface area contributed by atoms with Gasteiger partial charge in [0, 0.05) is 5.92 Å². The van der Waals surface area contributed by atoms with Crippen molar-refractivity contribution in [2.75, 3.05) is 6.54 Å². The lowest BCUT2D eigenvalue weighted by Gasteiger charge is -2.40. The second kappa shape index (κ2) is 5.31. The highest BCUT2D eigenvalue weighted by atomic mass is 31.2. The predicted octanol–water partition coefficient (Wildman–Crippen LogP) is -0.247. The van der Waals surface area contributed by atoms with Crippen LogP contribution in [0.25, 0.3) is 0 Å². The minimum absolute atomic E-state index is 0.0895. The summed E-state index contributed by atoms with van der Waals surface area (Å²) in [6.07, 6.45) is 1.51. The van der Waals surface area contributed by atoms with Gasteiger partial charge in [-0.1, -0.05) is 6.42 Å². The van der Waals surface area contributed by atoms with Crippen LogP contribution in [0.3, 0.4) is 0 Å². The lowest BCUT2D eigenvalue weighted by molar-refractivity contribution is 0.0496. The van der Waals surface area contributed by atoms with E-state index in [0.29, 0.717) is 6.42 Å². The fourth-order valence-electron chi connectivity index (χ4n) is 2.50. The van der Waals surface area contributed by atoms with Crippen molar-refractivity contribution < 1.29 is 33.8 Å². The fraction of sp³-hybridized carbons (Fsp3) is 1.00. The highest BCUT2D eigenvalue weighted by Gasteiger charge is 2.64. The van der Waals surface area contributed by atoms with Gasteiger partial charge >= 0.3 is 15.2 Å². The first-order valence-electron chi connectivity index (χ1n) is 5.57. The summed E-state index contributed by atoms with van der Waals surface area (Å²) in [6.45, 7) is 0.259. The van der Waals surface area contributed by atoms with Crippen LogP contribution in [0.4, 0.5) is 0 Å². The summed E-state index contributed by atoms with van der Waals surface area (Å²) in [6, 6.07) is 0. The van der Waals surface area contributed by atoms with Crippen molar-refractivity contribution in [3.8, 4) is 0 Å². The van der Waals surface area contributed by atoms with Gasteiger partial charge in [0.05, 0.1) is 0 Å². The maximum absolute atomic E-state index is 11.3. The Kier molecular flexibility index (Phi) is 4.80. The first-order valence-corrected chi connectivity index (χ1v) is 8.80. The van der Waals surface area contributed by atoms with E-state index in [4.69, 9.17) is 25.3 Å². The second-order valence-electron chi connectivity index (χ2n) is 4.74. The summed E-state index contributed by atoms with van der Waals surface area (Å²) in [4.78, 5) is 36.5. The number of hydrogen-bond donors (Lipinski definition) is 6. The van der Waals surface area contributed by atoms with E-state index in [-0.39, 0.29) is 25.3 Å². The normalized spacial score (nSPS) is 27.2. The average Bonchev–Trinajstić information content (AvgIpc) is 2.25. The fourth-order valence-corrected chi connectivity index (χ4v) is 5.28. The molecule has 0 aromatic carbocycles. The average molecular weight is 303 g/mol. The summed E-state index contributed by atoms with van der Waals surface area (Å²) in [5, 5.41) is 6.66. The van der Waals surface area contributed by atoms with Crippen molar-refractivity contribution >= 4 is 15.2 Å². The molecule has 7 N–H and O–H groups in total. The summed E-state index contributed by atoms with van der Waals surface area (Å²) < 4.78 is 22.6. The Morgan fingerprint density at radius 3 is 2.00 bits per heavy atom. The van der Waals surface area contributed by atoms with Crippen molar-refractivity contribution in [2.24, 2.45) is 17.6 Å². The van der Waals surface area contributed by atoms with Crippen molar-refractivity contribution in [1.29, 1.82) is 0 Å². The van der Waals surface area contributed by atoms with Crippen LogP contribution in [0.5, 0.6) is 0 Å². The van der Waals surface area contributed by atoms with E-state index < -0.39 is 26.2 Å². The predicted molar refractivity (Wildman–Crippen MR) is 63.5 cm³/mol. The monoisotopic (exact) mass is 303 g/mol. The maximum Gasteiger partial charge on any atom is 0.369 e. The zero-order chi connectivity index (χ0) is 14.2. The Morgan fingerprint density at radius 1 is 1.11 bits per heavy atom. The molecular formula is C8H19NO7P2. The number of rotatable bonds is 4. The first-order chi connectivity index (χ1) is 8.04. The third kappa shape index (κ3) is 2.86. The third-order valence-electron chi connectivity index (χ3n) is 3.52. The molecule has 1 aliphatic carbocycles. The van der Waals surface area contributed by atoms with Crippen LogP contribution in [0, 0.1) is 11.8 Å².